The molecule has 156 valence electrons. The van der Waals surface area contributed by atoms with Crippen LogP contribution in [0.3, 0.4) is 0 Å². The number of esters is 1. The molecular formula is C25H25ClO3S. The van der Waals surface area contributed by atoms with Crippen molar-refractivity contribution in [1.82, 2.24) is 0 Å². The second kappa shape index (κ2) is 9.23. The molecule has 30 heavy (non-hydrogen) atoms. The zero-order valence-electron chi connectivity index (χ0n) is 17.2. The zero-order valence-corrected chi connectivity index (χ0v) is 18.8. The molecule has 0 N–H and O–H groups in total. The Morgan fingerprint density at radius 3 is 2.67 bits per heavy atom. The van der Waals surface area contributed by atoms with Crippen LogP contribution in [0.15, 0.2) is 54.6 Å². The van der Waals surface area contributed by atoms with E-state index in [4.69, 9.17) is 21.1 Å². The van der Waals surface area contributed by atoms with E-state index in [1.54, 1.807) is 11.3 Å². The highest BCUT2D eigenvalue weighted by molar-refractivity contribution is 7.12. The minimum absolute atomic E-state index is 0.00820. The number of halogens is 1. The largest absolute Gasteiger partial charge is 0.486 e. The standard InChI is InChI=1S/C25H25ClO3S/c1-3-28-25(27)15-22(24-13-4-16(2)30-24)17-5-9-20(10-6-17)29-23-12-7-18-14-19(26)8-11-21(18)23/h4-6,8-11,13-14,22-23H,3,7,12,15H2,1-2H3. The second-order valence-corrected chi connectivity index (χ2v) is 9.32. The van der Waals surface area contributed by atoms with E-state index in [-0.39, 0.29) is 18.0 Å². The molecule has 3 aromatic rings. The second-order valence-electron chi connectivity index (χ2n) is 7.57. The number of rotatable bonds is 7. The summed E-state index contributed by atoms with van der Waals surface area (Å²) in [5, 5.41) is 0.773. The van der Waals surface area contributed by atoms with Gasteiger partial charge >= 0.3 is 5.97 Å². The van der Waals surface area contributed by atoms with E-state index in [2.05, 4.69) is 37.3 Å². The van der Waals surface area contributed by atoms with E-state index < -0.39 is 0 Å². The average Bonchev–Trinajstić information content (AvgIpc) is 3.33. The van der Waals surface area contributed by atoms with Crippen molar-refractivity contribution < 1.29 is 14.3 Å². The quantitative estimate of drug-likeness (QED) is 0.376. The van der Waals surface area contributed by atoms with Gasteiger partial charge in [0.05, 0.1) is 13.0 Å². The van der Waals surface area contributed by atoms with Crippen molar-refractivity contribution >= 4 is 28.9 Å². The molecule has 3 nitrogen and oxygen atoms in total. The van der Waals surface area contributed by atoms with Crippen LogP contribution in [0.5, 0.6) is 5.75 Å². The molecule has 1 aliphatic carbocycles. The lowest BCUT2D eigenvalue weighted by Crippen LogP contribution is -2.11. The van der Waals surface area contributed by atoms with Crippen LogP contribution < -0.4 is 4.74 Å². The number of hydrogen-bond acceptors (Lipinski definition) is 4. The highest BCUT2D eigenvalue weighted by atomic mass is 35.5. The summed E-state index contributed by atoms with van der Waals surface area (Å²) in [5.74, 6) is 0.657. The Balaban J connectivity index is 1.51. The fourth-order valence-corrected chi connectivity index (χ4v) is 5.22. The smallest absolute Gasteiger partial charge is 0.306 e. The van der Waals surface area contributed by atoms with E-state index in [0.717, 1.165) is 29.2 Å². The Morgan fingerprint density at radius 2 is 1.97 bits per heavy atom. The predicted molar refractivity (Wildman–Crippen MR) is 122 cm³/mol. The maximum Gasteiger partial charge on any atom is 0.306 e. The van der Waals surface area contributed by atoms with Gasteiger partial charge in [-0.2, -0.15) is 0 Å². The van der Waals surface area contributed by atoms with Gasteiger partial charge in [-0.25, -0.2) is 0 Å². The molecule has 0 aliphatic heterocycles. The SMILES string of the molecule is CCOC(=O)CC(c1ccc(OC2CCc3cc(Cl)ccc32)cc1)c1ccc(C)s1. The van der Waals surface area contributed by atoms with Gasteiger partial charge in [0.25, 0.3) is 0 Å². The molecular weight excluding hydrogens is 416 g/mol. The van der Waals surface area contributed by atoms with Crippen LogP contribution in [0.1, 0.15) is 58.2 Å². The summed E-state index contributed by atoms with van der Waals surface area (Å²) in [6.45, 7) is 4.32. The first-order valence-corrected chi connectivity index (χ1v) is 11.5. The molecule has 4 rings (SSSR count). The van der Waals surface area contributed by atoms with Gasteiger partial charge in [0.1, 0.15) is 11.9 Å². The highest BCUT2D eigenvalue weighted by Crippen LogP contribution is 2.38. The normalized spacial score (nSPS) is 16.2. The Kier molecular flexibility index (Phi) is 6.45. The van der Waals surface area contributed by atoms with Crippen LogP contribution in [0.25, 0.3) is 0 Å². The lowest BCUT2D eigenvalue weighted by Gasteiger charge is -2.18. The first-order chi connectivity index (χ1) is 14.5. The summed E-state index contributed by atoms with van der Waals surface area (Å²) in [6, 6.07) is 18.4. The molecule has 0 saturated carbocycles. The average molecular weight is 441 g/mol. The van der Waals surface area contributed by atoms with E-state index in [1.807, 2.05) is 31.2 Å². The summed E-state index contributed by atoms with van der Waals surface area (Å²) in [6.07, 6.45) is 2.33. The van der Waals surface area contributed by atoms with Gasteiger partial charge in [-0.3, -0.25) is 4.79 Å². The molecule has 0 amide bonds. The van der Waals surface area contributed by atoms with Gasteiger partial charge in [0.15, 0.2) is 0 Å². The monoisotopic (exact) mass is 440 g/mol. The first kappa shape index (κ1) is 21.0. The van der Waals surface area contributed by atoms with Crippen LogP contribution in [0.4, 0.5) is 0 Å². The van der Waals surface area contributed by atoms with E-state index >= 15 is 0 Å². The van der Waals surface area contributed by atoms with E-state index in [1.165, 1.54) is 20.9 Å². The van der Waals surface area contributed by atoms with Gasteiger partial charge in [0.2, 0.25) is 0 Å². The zero-order chi connectivity index (χ0) is 21.1. The number of benzene rings is 2. The number of ether oxygens (including phenoxy) is 2. The molecule has 1 aromatic heterocycles. The lowest BCUT2D eigenvalue weighted by molar-refractivity contribution is -0.143. The van der Waals surface area contributed by atoms with Crippen molar-refractivity contribution in [3.05, 3.63) is 86.1 Å². The molecule has 1 aliphatic rings. The summed E-state index contributed by atoms with van der Waals surface area (Å²) >= 11 is 7.84. The summed E-state index contributed by atoms with van der Waals surface area (Å²) in [5.41, 5.74) is 3.58. The van der Waals surface area contributed by atoms with Crippen molar-refractivity contribution in [1.29, 1.82) is 0 Å². The predicted octanol–water partition coefficient (Wildman–Crippen LogP) is 6.86. The molecule has 0 radical (unpaired) electrons. The third kappa shape index (κ3) is 4.71. The maximum absolute atomic E-state index is 12.2. The number of fused-ring (bicyclic) bond motifs is 1. The van der Waals surface area contributed by atoms with E-state index in [9.17, 15) is 4.79 Å². The molecule has 1 heterocycles. The summed E-state index contributed by atoms with van der Waals surface area (Å²) in [4.78, 5) is 14.6. The molecule has 0 spiro atoms. The first-order valence-electron chi connectivity index (χ1n) is 10.3. The molecule has 2 atom stereocenters. The van der Waals surface area contributed by atoms with Crippen LogP contribution in [-0.2, 0) is 16.0 Å². The number of aryl methyl sites for hydroxylation is 2. The molecule has 0 bridgehead atoms. The topological polar surface area (TPSA) is 35.5 Å². The third-order valence-electron chi connectivity index (χ3n) is 5.47. The van der Waals surface area contributed by atoms with Crippen molar-refractivity contribution in [2.45, 2.75) is 45.1 Å². The fourth-order valence-electron chi connectivity index (χ4n) is 4.02. The summed E-state index contributed by atoms with van der Waals surface area (Å²) in [7, 11) is 0. The van der Waals surface area contributed by atoms with Gasteiger partial charge in [-0.05, 0) is 79.8 Å². The van der Waals surface area contributed by atoms with Gasteiger partial charge < -0.3 is 9.47 Å². The van der Waals surface area contributed by atoms with Crippen LogP contribution in [0.2, 0.25) is 5.02 Å². The molecule has 2 unspecified atom stereocenters. The number of carbonyl (C=O) groups excluding carboxylic acids is 1. The Bertz CT molecular complexity index is 1030. The van der Waals surface area contributed by atoms with Crippen molar-refractivity contribution in [2.75, 3.05) is 6.61 Å². The van der Waals surface area contributed by atoms with Crippen molar-refractivity contribution in [3.63, 3.8) is 0 Å². The highest BCUT2D eigenvalue weighted by Gasteiger charge is 2.25. The van der Waals surface area contributed by atoms with Crippen LogP contribution >= 0.6 is 22.9 Å². The van der Waals surface area contributed by atoms with E-state index in [0.29, 0.717) is 13.0 Å². The molecule has 0 saturated heterocycles. The maximum atomic E-state index is 12.2. The van der Waals surface area contributed by atoms with Crippen LogP contribution in [0, 0.1) is 6.92 Å². The molecule has 5 heteroatoms. The van der Waals surface area contributed by atoms with Crippen molar-refractivity contribution in [2.24, 2.45) is 0 Å². The Hall–Kier alpha value is -2.30. The number of thiophene rings is 1. The summed E-state index contributed by atoms with van der Waals surface area (Å²) < 4.78 is 11.5. The van der Waals surface area contributed by atoms with Gasteiger partial charge in [0, 0.05) is 20.7 Å². The van der Waals surface area contributed by atoms with Gasteiger partial charge in [-0.15, -0.1) is 11.3 Å². The Morgan fingerprint density at radius 1 is 1.17 bits per heavy atom. The minimum atomic E-state index is -0.171. The lowest BCUT2D eigenvalue weighted by atomic mass is 9.94. The van der Waals surface area contributed by atoms with Gasteiger partial charge in [-0.1, -0.05) is 29.8 Å². The molecule has 2 aromatic carbocycles. The Labute approximate surface area is 186 Å². The van der Waals surface area contributed by atoms with Crippen LogP contribution in [-0.4, -0.2) is 12.6 Å². The number of carbonyl (C=O) groups is 1. The minimum Gasteiger partial charge on any atom is -0.486 e. The fraction of sp³-hybridized carbons (Fsp3) is 0.320. The third-order valence-corrected chi connectivity index (χ3v) is 6.82. The van der Waals surface area contributed by atoms with Crippen molar-refractivity contribution in [3.8, 4) is 5.75 Å². The molecule has 0 fully saturated rings. The number of hydrogen-bond donors (Lipinski definition) is 0.